The molecule has 0 spiro atoms. The van der Waals surface area contributed by atoms with Gasteiger partial charge in [0.15, 0.2) is 0 Å². The van der Waals surface area contributed by atoms with Gasteiger partial charge in [0, 0.05) is 48.7 Å². The standard InChI is InChI=1S/C22H25N5O4/c1-25-12-17(16-4-2-3-5-19(16)25)18-10-21-26(22(29)6-7-27(21)24-18)13-20(28)23-11-15-14-30-8-9-31-15/h2-5,10,12,15H,6-9,11,13-14H2,1H3,(H,23,28)/t15-/m0/s1. The summed E-state index contributed by atoms with van der Waals surface area (Å²) in [7, 11) is 2.00. The van der Waals surface area contributed by atoms with Gasteiger partial charge in [-0.15, -0.1) is 0 Å². The Kier molecular flexibility index (Phi) is 5.21. The largest absolute Gasteiger partial charge is 0.376 e. The van der Waals surface area contributed by atoms with E-state index in [1.807, 2.05) is 36.1 Å². The van der Waals surface area contributed by atoms with Gasteiger partial charge in [-0.3, -0.25) is 14.5 Å². The number of fused-ring (bicyclic) bond motifs is 2. The lowest BCUT2D eigenvalue weighted by molar-refractivity contribution is -0.126. The molecule has 2 aromatic heterocycles. The third-order valence-corrected chi connectivity index (χ3v) is 5.76. The van der Waals surface area contributed by atoms with Crippen molar-refractivity contribution in [3.05, 3.63) is 36.5 Å². The SMILES string of the molecule is Cn1cc(-c2cc3n(n2)CCC(=O)N3CC(=O)NC[C@H]2COCCO2)c2ccccc21. The van der Waals surface area contributed by atoms with Crippen molar-refractivity contribution in [2.45, 2.75) is 19.1 Å². The Hall–Kier alpha value is -3.17. The van der Waals surface area contributed by atoms with Crippen LogP contribution in [-0.2, 0) is 32.7 Å². The van der Waals surface area contributed by atoms with Crippen molar-refractivity contribution < 1.29 is 19.1 Å². The molecule has 1 aromatic carbocycles. The van der Waals surface area contributed by atoms with Gasteiger partial charge in [-0.25, -0.2) is 4.68 Å². The van der Waals surface area contributed by atoms with Crippen molar-refractivity contribution in [2.75, 3.05) is 37.8 Å². The van der Waals surface area contributed by atoms with Crippen molar-refractivity contribution >= 4 is 28.5 Å². The number of carbonyl (C=O) groups excluding carboxylic acids is 2. The van der Waals surface area contributed by atoms with Crippen LogP contribution in [0, 0.1) is 0 Å². The number of amides is 2. The second-order valence-corrected chi connectivity index (χ2v) is 7.88. The Labute approximate surface area is 179 Å². The van der Waals surface area contributed by atoms with E-state index in [0.29, 0.717) is 45.1 Å². The molecule has 1 atom stereocenters. The highest BCUT2D eigenvalue weighted by Gasteiger charge is 2.29. The molecule has 3 aromatic rings. The summed E-state index contributed by atoms with van der Waals surface area (Å²) in [6.45, 7) is 2.39. The van der Waals surface area contributed by atoms with Crippen LogP contribution in [-0.4, -0.2) is 65.2 Å². The van der Waals surface area contributed by atoms with Crippen LogP contribution in [0.4, 0.5) is 5.82 Å². The minimum Gasteiger partial charge on any atom is -0.376 e. The van der Waals surface area contributed by atoms with E-state index in [-0.39, 0.29) is 24.5 Å². The van der Waals surface area contributed by atoms with Gasteiger partial charge in [-0.1, -0.05) is 18.2 Å². The van der Waals surface area contributed by atoms with Crippen LogP contribution in [0.5, 0.6) is 0 Å². The highest BCUT2D eigenvalue weighted by molar-refractivity contribution is 6.00. The summed E-state index contributed by atoms with van der Waals surface area (Å²) in [6, 6.07) is 10.0. The van der Waals surface area contributed by atoms with Crippen LogP contribution in [0.1, 0.15) is 6.42 Å². The van der Waals surface area contributed by atoms with E-state index in [2.05, 4.69) is 22.0 Å². The van der Waals surface area contributed by atoms with Gasteiger partial charge in [-0.2, -0.15) is 5.10 Å². The molecule has 1 saturated heterocycles. The number of ether oxygens (including phenoxy) is 2. The van der Waals surface area contributed by atoms with Crippen LogP contribution in [0.2, 0.25) is 0 Å². The normalized spacial score (nSPS) is 18.9. The van der Waals surface area contributed by atoms with Gasteiger partial charge < -0.3 is 19.4 Å². The number of benzene rings is 1. The van der Waals surface area contributed by atoms with Gasteiger partial charge in [0.25, 0.3) is 0 Å². The fourth-order valence-electron chi connectivity index (χ4n) is 4.18. The smallest absolute Gasteiger partial charge is 0.240 e. The number of anilines is 1. The third-order valence-electron chi connectivity index (χ3n) is 5.76. The quantitative estimate of drug-likeness (QED) is 0.668. The van der Waals surface area contributed by atoms with Crippen LogP contribution in [0.15, 0.2) is 36.5 Å². The van der Waals surface area contributed by atoms with Gasteiger partial charge in [0.2, 0.25) is 11.8 Å². The van der Waals surface area contributed by atoms with Crippen LogP contribution in [0.25, 0.3) is 22.2 Å². The molecule has 0 saturated carbocycles. The van der Waals surface area contributed by atoms with Crippen molar-refractivity contribution in [3.8, 4) is 11.3 Å². The van der Waals surface area contributed by atoms with Crippen LogP contribution >= 0.6 is 0 Å². The third kappa shape index (κ3) is 3.82. The molecular formula is C22H25N5O4. The first-order valence-corrected chi connectivity index (χ1v) is 10.5. The molecule has 1 fully saturated rings. The molecule has 4 heterocycles. The molecule has 5 rings (SSSR count). The Morgan fingerprint density at radius 3 is 3.00 bits per heavy atom. The van der Waals surface area contributed by atoms with Crippen molar-refractivity contribution in [3.63, 3.8) is 0 Å². The molecular weight excluding hydrogens is 398 g/mol. The van der Waals surface area contributed by atoms with E-state index in [4.69, 9.17) is 14.6 Å². The summed E-state index contributed by atoms with van der Waals surface area (Å²) in [5, 5.41) is 8.69. The lowest BCUT2D eigenvalue weighted by Gasteiger charge is -2.27. The van der Waals surface area contributed by atoms with Gasteiger partial charge in [0.05, 0.1) is 38.2 Å². The minimum atomic E-state index is -0.233. The van der Waals surface area contributed by atoms with Gasteiger partial charge in [0.1, 0.15) is 12.4 Å². The predicted octanol–water partition coefficient (Wildman–Crippen LogP) is 1.31. The zero-order valence-corrected chi connectivity index (χ0v) is 17.4. The second kappa shape index (κ2) is 8.16. The van der Waals surface area contributed by atoms with E-state index in [1.165, 1.54) is 4.90 Å². The fourth-order valence-corrected chi connectivity index (χ4v) is 4.18. The topological polar surface area (TPSA) is 90.6 Å². The molecule has 0 aliphatic carbocycles. The van der Waals surface area contributed by atoms with E-state index in [1.54, 1.807) is 0 Å². The Bertz CT molecular complexity index is 1130. The molecule has 2 aliphatic heterocycles. The number of hydrogen-bond donors (Lipinski definition) is 1. The molecule has 9 heteroatoms. The highest BCUT2D eigenvalue weighted by atomic mass is 16.6. The molecule has 0 unspecified atom stereocenters. The van der Waals surface area contributed by atoms with E-state index >= 15 is 0 Å². The van der Waals surface area contributed by atoms with E-state index in [9.17, 15) is 9.59 Å². The average molecular weight is 423 g/mol. The average Bonchev–Trinajstić information content (AvgIpc) is 3.37. The fraction of sp³-hybridized carbons (Fsp3) is 0.409. The molecule has 2 aliphatic rings. The Morgan fingerprint density at radius 2 is 2.16 bits per heavy atom. The maximum Gasteiger partial charge on any atom is 0.240 e. The number of carbonyl (C=O) groups is 2. The zero-order chi connectivity index (χ0) is 21.4. The summed E-state index contributed by atoms with van der Waals surface area (Å²) < 4.78 is 14.8. The number of hydrogen-bond acceptors (Lipinski definition) is 5. The number of aryl methyl sites for hydroxylation is 2. The molecule has 0 bridgehead atoms. The second-order valence-electron chi connectivity index (χ2n) is 7.88. The molecule has 0 radical (unpaired) electrons. The zero-order valence-electron chi connectivity index (χ0n) is 17.4. The maximum absolute atomic E-state index is 12.6. The van der Waals surface area contributed by atoms with Gasteiger partial charge in [-0.05, 0) is 6.07 Å². The molecule has 1 N–H and O–H groups in total. The van der Waals surface area contributed by atoms with Crippen LogP contribution < -0.4 is 10.2 Å². The van der Waals surface area contributed by atoms with Crippen molar-refractivity contribution in [1.82, 2.24) is 19.7 Å². The summed E-state index contributed by atoms with van der Waals surface area (Å²) in [6.07, 6.45) is 2.21. The maximum atomic E-state index is 12.6. The number of aromatic nitrogens is 3. The molecule has 31 heavy (non-hydrogen) atoms. The summed E-state index contributed by atoms with van der Waals surface area (Å²) in [5.74, 6) is 0.333. The monoisotopic (exact) mass is 423 g/mol. The summed E-state index contributed by atoms with van der Waals surface area (Å²) in [5.41, 5.74) is 2.91. The number of nitrogens with one attached hydrogen (secondary N) is 1. The number of para-hydroxylation sites is 1. The predicted molar refractivity (Wildman–Crippen MR) is 115 cm³/mol. The number of rotatable bonds is 5. The highest BCUT2D eigenvalue weighted by Crippen LogP contribution is 2.33. The lowest BCUT2D eigenvalue weighted by Crippen LogP contribution is -2.47. The molecule has 162 valence electrons. The number of nitrogens with zero attached hydrogens (tertiary/aromatic N) is 4. The minimum absolute atomic E-state index is 0.0485. The first kappa shape index (κ1) is 19.8. The van der Waals surface area contributed by atoms with Crippen molar-refractivity contribution in [1.29, 1.82) is 0 Å². The molecule has 9 nitrogen and oxygen atoms in total. The van der Waals surface area contributed by atoms with E-state index < -0.39 is 0 Å². The first-order chi connectivity index (χ1) is 15.1. The van der Waals surface area contributed by atoms with Gasteiger partial charge >= 0.3 is 0 Å². The Morgan fingerprint density at radius 1 is 1.29 bits per heavy atom. The Balaban J connectivity index is 1.36. The van der Waals surface area contributed by atoms with Crippen molar-refractivity contribution in [2.24, 2.45) is 7.05 Å². The summed E-state index contributed by atoms with van der Waals surface area (Å²) in [4.78, 5) is 26.7. The van der Waals surface area contributed by atoms with Crippen LogP contribution in [0.3, 0.4) is 0 Å². The van der Waals surface area contributed by atoms with E-state index in [0.717, 1.165) is 22.2 Å². The first-order valence-electron chi connectivity index (χ1n) is 10.5. The summed E-state index contributed by atoms with van der Waals surface area (Å²) >= 11 is 0. The lowest BCUT2D eigenvalue weighted by atomic mass is 10.1. The molecule has 2 amide bonds.